The number of rotatable bonds is 1. The first-order valence-corrected chi connectivity index (χ1v) is 7.07. The Morgan fingerprint density at radius 3 is 3.12 bits per heavy atom. The van der Waals surface area contributed by atoms with Gasteiger partial charge in [0, 0.05) is 27.9 Å². The second kappa shape index (κ2) is 4.40. The molecule has 2 atom stereocenters. The van der Waals surface area contributed by atoms with Gasteiger partial charge in [-0.3, -0.25) is 0 Å². The highest BCUT2D eigenvalue weighted by Crippen LogP contribution is 2.40. The maximum Gasteiger partial charge on any atom is 0.143 e. The summed E-state index contributed by atoms with van der Waals surface area (Å²) in [4.78, 5) is 4.29. The third-order valence-electron chi connectivity index (χ3n) is 2.89. The van der Waals surface area contributed by atoms with E-state index in [1.54, 1.807) is 11.3 Å². The quantitative estimate of drug-likeness (QED) is 0.878. The SMILES string of the molecule is N[C@@H]1CC(c2cscn2)Oc2ccc(Br)cc21. The summed E-state index contributed by atoms with van der Waals surface area (Å²) >= 11 is 5.03. The van der Waals surface area contributed by atoms with Crippen LogP contribution >= 0.6 is 27.3 Å². The van der Waals surface area contributed by atoms with Crippen LogP contribution in [0.5, 0.6) is 5.75 Å². The summed E-state index contributed by atoms with van der Waals surface area (Å²) in [6.07, 6.45) is 0.748. The van der Waals surface area contributed by atoms with E-state index < -0.39 is 0 Å². The van der Waals surface area contributed by atoms with Gasteiger partial charge in [-0.15, -0.1) is 11.3 Å². The van der Waals surface area contributed by atoms with E-state index in [1.165, 1.54) is 0 Å². The molecule has 1 aliphatic heterocycles. The van der Waals surface area contributed by atoms with Crippen LogP contribution in [0.25, 0.3) is 0 Å². The van der Waals surface area contributed by atoms with Crippen LogP contribution < -0.4 is 10.5 Å². The van der Waals surface area contributed by atoms with Crippen LogP contribution in [0.2, 0.25) is 0 Å². The van der Waals surface area contributed by atoms with E-state index in [-0.39, 0.29) is 12.1 Å². The number of nitrogens with two attached hydrogens (primary N) is 1. The Morgan fingerprint density at radius 2 is 2.35 bits per heavy atom. The molecule has 0 saturated heterocycles. The zero-order chi connectivity index (χ0) is 11.8. The van der Waals surface area contributed by atoms with Crippen molar-refractivity contribution < 1.29 is 4.74 Å². The second-order valence-electron chi connectivity index (χ2n) is 4.04. The maximum atomic E-state index is 6.19. The third-order valence-corrected chi connectivity index (χ3v) is 3.99. The largest absolute Gasteiger partial charge is 0.484 e. The molecule has 2 aromatic rings. The minimum absolute atomic E-state index is 0.00273. The first-order valence-electron chi connectivity index (χ1n) is 5.34. The average molecular weight is 311 g/mol. The number of nitrogens with zero attached hydrogens (tertiary/aromatic N) is 1. The Bertz CT molecular complexity index is 529. The summed E-state index contributed by atoms with van der Waals surface area (Å²) in [5.41, 5.74) is 10.0. The molecule has 88 valence electrons. The highest BCUT2D eigenvalue weighted by Gasteiger charge is 2.28. The highest BCUT2D eigenvalue weighted by molar-refractivity contribution is 9.10. The molecule has 0 saturated carbocycles. The molecule has 5 heteroatoms. The van der Waals surface area contributed by atoms with Crippen LogP contribution in [0.1, 0.15) is 29.8 Å². The van der Waals surface area contributed by atoms with Crippen LogP contribution in [-0.4, -0.2) is 4.98 Å². The molecule has 0 fully saturated rings. The molecule has 0 radical (unpaired) electrons. The molecule has 1 aromatic heterocycles. The number of fused-ring (bicyclic) bond motifs is 1. The van der Waals surface area contributed by atoms with Gasteiger partial charge in [0.2, 0.25) is 0 Å². The number of halogens is 1. The van der Waals surface area contributed by atoms with E-state index in [1.807, 2.05) is 29.1 Å². The first kappa shape index (κ1) is 11.2. The lowest BCUT2D eigenvalue weighted by Crippen LogP contribution is -2.24. The smallest absolute Gasteiger partial charge is 0.143 e. The number of thiazole rings is 1. The molecular formula is C12H11BrN2OS. The predicted molar refractivity (Wildman–Crippen MR) is 71.2 cm³/mol. The molecule has 0 bridgehead atoms. The van der Waals surface area contributed by atoms with E-state index >= 15 is 0 Å². The molecule has 0 aliphatic carbocycles. The van der Waals surface area contributed by atoms with Gasteiger partial charge in [-0.25, -0.2) is 4.98 Å². The monoisotopic (exact) mass is 310 g/mol. The van der Waals surface area contributed by atoms with Crippen LogP contribution in [-0.2, 0) is 0 Å². The fourth-order valence-electron chi connectivity index (χ4n) is 2.04. The topological polar surface area (TPSA) is 48.1 Å². The molecule has 3 rings (SSSR count). The van der Waals surface area contributed by atoms with E-state index in [2.05, 4.69) is 20.9 Å². The molecule has 3 nitrogen and oxygen atoms in total. The van der Waals surface area contributed by atoms with Crippen LogP contribution in [0.4, 0.5) is 0 Å². The molecule has 0 spiro atoms. The van der Waals surface area contributed by atoms with Crippen LogP contribution in [0.3, 0.4) is 0 Å². The zero-order valence-corrected chi connectivity index (χ0v) is 11.4. The van der Waals surface area contributed by atoms with Gasteiger partial charge >= 0.3 is 0 Å². The molecule has 1 unspecified atom stereocenters. The highest BCUT2D eigenvalue weighted by atomic mass is 79.9. The zero-order valence-electron chi connectivity index (χ0n) is 8.97. The molecule has 2 N–H and O–H groups in total. The third kappa shape index (κ3) is 2.10. The lowest BCUT2D eigenvalue weighted by atomic mass is 9.96. The molecule has 1 aromatic carbocycles. The normalized spacial score (nSPS) is 22.9. The van der Waals surface area contributed by atoms with Crippen molar-refractivity contribution in [1.29, 1.82) is 0 Å². The molecule has 17 heavy (non-hydrogen) atoms. The Balaban J connectivity index is 1.96. The summed E-state index contributed by atoms with van der Waals surface area (Å²) in [5.74, 6) is 0.866. The van der Waals surface area contributed by atoms with Gasteiger partial charge < -0.3 is 10.5 Å². The van der Waals surface area contributed by atoms with Crippen molar-refractivity contribution in [1.82, 2.24) is 4.98 Å². The number of ether oxygens (including phenoxy) is 1. The Hall–Kier alpha value is -0.910. The number of aromatic nitrogens is 1. The van der Waals surface area contributed by atoms with Gasteiger partial charge in [0.25, 0.3) is 0 Å². The summed E-state index contributed by atoms with van der Waals surface area (Å²) in [5, 5.41) is 2.02. The van der Waals surface area contributed by atoms with Crippen molar-refractivity contribution in [3.05, 3.63) is 44.8 Å². The Kier molecular flexibility index (Phi) is 2.90. The lowest BCUT2D eigenvalue weighted by molar-refractivity contribution is 0.158. The standard InChI is InChI=1S/C12H11BrN2OS/c13-7-1-2-11-8(3-7)9(14)4-12(16-11)10-5-17-6-15-10/h1-3,5-6,9,12H,4,14H2/t9-,12?/m1/s1. The number of hydrogen-bond donors (Lipinski definition) is 1. The molecular weight excluding hydrogens is 300 g/mol. The van der Waals surface area contributed by atoms with Crippen molar-refractivity contribution in [3.8, 4) is 5.75 Å². The minimum Gasteiger partial charge on any atom is -0.484 e. The lowest BCUT2D eigenvalue weighted by Gasteiger charge is -2.29. The van der Waals surface area contributed by atoms with E-state index in [0.717, 1.165) is 27.9 Å². The maximum absolute atomic E-state index is 6.19. The van der Waals surface area contributed by atoms with Gasteiger partial charge in [-0.05, 0) is 18.2 Å². The van der Waals surface area contributed by atoms with Crippen LogP contribution in [0, 0.1) is 0 Å². The van der Waals surface area contributed by atoms with Gasteiger partial charge in [-0.1, -0.05) is 15.9 Å². The number of benzene rings is 1. The van der Waals surface area contributed by atoms with Gasteiger partial charge in [-0.2, -0.15) is 0 Å². The van der Waals surface area contributed by atoms with E-state index in [4.69, 9.17) is 10.5 Å². The summed E-state index contributed by atoms with van der Waals surface area (Å²) < 4.78 is 6.98. The van der Waals surface area contributed by atoms with E-state index in [0.29, 0.717) is 0 Å². The molecule has 1 aliphatic rings. The number of hydrogen-bond acceptors (Lipinski definition) is 4. The minimum atomic E-state index is -0.0232. The van der Waals surface area contributed by atoms with Crippen LogP contribution in [0.15, 0.2) is 33.6 Å². The fraction of sp³-hybridized carbons (Fsp3) is 0.250. The van der Waals surface area contributed by atoms with Crippen molar-refractivity contribution in [2.45, 2.75) is 18.6 Å². The van der Waals surface area contributed by atoms with Gasteiger partial charge in [0.05, 0.1) is 11.2 Å². The predicted octanol–water partition coefficient (Wildman–Crippen LogP) is 3.43. The van der Waals surface area contributed by atoms with Gasteiger partial charge in [0.15, 0.2) is 0 Å². The fourth-order valence-corrected chi connectivity index (χ4v) is 3.01. The van der Waals surface area contributed by atoms with E-state index in [9.17, 15) is 0 Å². The molecule has 2 heterocycles. The first-order chi connectivity index (χ1) is 8.24. The summed E-state index contributed by atoms with van der Waals surface area (Å²) in [6, 6.07) is 5.95. The van der Waals surface area contributed by atoms with Crippen molar-refractivity contribution in [2.75, 3.05) is 0 Å². The summed E-state index contributed by atoms with van der Waals surface area (Å²) in [7, 11) is 0. The van der Waals surface area contributed by atoms with Crippen molar-refractivity contribution >= 4 is 27.3 Å². The molecule has 0 amide bonds. The Morgan fingerprint density at radius 1 is 1.47 bits per heavy atom. The summed E-state index contributed by atoms with van der Waals surface area (Å²) in [6.45, 7) is 0. The second-order valence-corrected chi connectivity index (χ2v) is 5.68. The van der Waals surface area contributed by atoms with Crippen molar-refractivity contribution in [3.63, 3.8) is 0 Å². The van der Waals surface area contributed by atoms with Gasteiger partial charge in [0.1, 0.15) is 11.9 Å². The average Bonchev–Trinajstić information content (AvgIpc) is 2.83. The van der Waals surface area contributed by atoms with Crippen molar-refractivity contribution in [2.24, 2.45) is 5.73 Å². The Labute approximate surface area is 112 Å².